The summed E-state index contributed by atoms with van der Waals surface area (Å²) in [6, 6.07) is 9.52. The molecule has 35 heavy (non-hydrogen) atoms. The van der Waals surface area contributed by atoms with Crippen LogP contribution in [0.3, 0.4) is 0 Å². The van der Waals surface area contributed by atoms with E-state index in [1.165, 1.54) is 13.5 Å². The molecule has 0 radical (unpaired) electrons. The van der Waals surface area contributed by atoms with Crippen molar-refractivity contribution in [3.63, 3.8) is 0 Å². The molecule has 2 aromatic carbocycles. The lowest BCUT2D eigenvalue weighted by molar-refractivity contribution is 0.0601. The topological polar surface area (TPSA) is 83.8 Å². The maximum Gasteiger partial charge on any atom is 0.337 e. The molecule has 0 aliphatic heterocycles. The first-order valence-corrected chi connectivity index (χ1v) is 11.9. The molecule has 0 saturated heterocycles. The summed E-state index contributed by atoms with van der Waals surface area (Å²) in [6.07, 6.45) is 3.28. The van der Waals surface area contributed by atoms with Crippen LogP contribution in [0.15, 0.2) is 30.3 Å². The summed E-state index contributed by atoms with van der Waals surface area (Å²) < 4.78 is 23.7. The first kappa shape index (κ1) is 24.7. The summed E-state index contributed by atoms with van der Waals surface area (Å²) in [6.45, 7) is 6.97. The van der Waals surface area contributed by atoms with Gasteiger partial charge in [-0.3, -0.25) is 0 Å². The van der Waals surface area contributed by atoms with E-state index < -0.39 is 0 Å². The number of rotatable bonds is 7. The van der Waals surface area contributed by atoms with E-state index >= 15 is 0 Å². The number of hydrogen-bond acceptors (Lipinski definition) is 7. The fraction of sp³-hybridized carbons (Fsp3) is 0.481. The van der Waals surface area contributed by atoms with Crippen LogP contribution in [0.5, 0.6) is 17.2 Å². The van der Waals surface area contributed by atoms with Crippen molar-refractivity contribution < 1.29 is 23.7 Å². The highest BCUT2D eigenvalue weighted by Crippen LogP contribution is 2.46. The normalized spacial score (nSPS) is 19.3. The van der Waals surface area contributed by atoms with Gasteiger partial charge in [0.05, 0.1) is 45.0 Å². The third-order valence-electron chi connectivity index (χ3n) is 6.76. The third-order valence-corrected chi connectivity index (χ3v) is 6.76. The number of nitrogens with zero attached hydrogens (tertiary/aromatic N) is 2. The number of ether oxygens (including phenoxy) is 4. The number of hydrogen-bond donors (Lipinski definition) is 1. The summed E-state index contributed by atoms with van der Waals surface area (Å²) >= 11 is 0. The Balaban J connectivity index is 1.85. The van der Waals surface area contributed by atoms with E-state index in [0.29, 0.717) is 34.7 Å². The van der Waals surface area contributed by atoms with Gasteiger partial charge < -0.3 is 28.8 Å². The molecule has 0 spiro atoms. The minimum Gasteiger partial charge on any atom is -0.493 e. The van der Waals surface area contributed by atoms with E-state index in [9.17, 15) is 4.79 Å². The Hall–Kier alpha value is -3.42. The van der Waals surface area contributed by atoms with E-state index in [4.69, 9.17) is 23.9 Å². The number of nitrogens with one attached hydrogen (secondary N) is 1. The number of fused-ring (bicyclic) bond motifs is 1. The fourth-order valence-corrected chi connectivity index (χ4v) is 5.58. The van der Waals surface area contributed by atoms with Gasteiger partial charge in [-0.1, -0.05) is 20.8 Å². The smallest absolute Gasteiger partial charge is 0.337 e. The predicted molar refractivity (Wildman–Crippen MR) is 136 cm³/mol. The summed E-state index contributed by atoms with van der Waals surface area (Å²) in [4.78, 5) is 17.1. The molecule has 1 aliphatic rings. The minimum absolute atomic E-state index is 0.217. The Morgan fingerprint density at radius 3 is 2.29 bits per heavy atom. The molecule has 0 unspecified atom stereocenters. The van der Waals surface area contributed by atoms with Crippen LogP contribution in [0.2, 0.25) is 0 Å². The standard InChI is InChI=1S/C27H35N3O5/c1-16-10-19(15-27(2,3)14-16)30-21-9-8-17(25(31)35-7)11-20(21)29-26(30)28-18-12-22(32-4)24(34-6)23(13-18)33-5/h8-9,11-13,16,19H,10,14-15H2,1-7H3,(H,28,29)/t16-,19+/m1/s1. The van der Waals surface area contributed by atoms with Crippen molar-refractivity contribution in [2.75, 3.05) is 33.8 Å². The number of methoxy groups -OCH3 is 4. The fourth-order valence-electron chi connectivity index (χ4n) is 5.58. The molecule has 1 aliphatic carbocycles. The molecule has 1 fully saturated rings. The first-order chi connectivity index (χ1) is 16.7. The number of imidazole rings is 1. The van der Waals surface area contributed by atoms with Gasteiger partial charge in [-0.15, -0.1) is 0 Å². The minimum atomic E-state index is -0.381. The van der Waals surface area contributed by atoms with Crippen molar-refractivity contribution in [1.29, 1.82) is 0 Å². The van der Waals surface area contributed by atoms with Gasteiger partial charge in [0.15, 0.2) is 11.5 Å². The number of aromatic nitrogens is 2. The molecular formula is C27H35N3O5. The average molecular weight is 482 g/mol. The Morgan fingerprint density at radius 1 is 1.03 bits per heavy atom. The molecular weight excluding hydrogens is 446 g/mol. The molecule has 8 heteroatoms. The Labute approximate surface area is 206 Å². The van der Waals surface area contributed by atoms with Gasteiger partial charge in [0.2, 0.25) is 11.7 Å². The van der Waals surface area contributed by atoms with Crippen molar-refractivity contribution in [3.05, 3.63) is 35.9 Å². The maximum absolute atomic E-state index is 12.2. The van der Waals surface area contributed by atoms with Gasteiger partial charge in [0, 0.05) is 23.9 Å². The van der Waals surface area contributed by atoms with Crippen LogP contribution >= 0.6 is 0 Å². The third kappa shape index (κ3) is 4.88. The molecule has 8 nitrogen and oxygen atoms in total. The second kappa shape index (κ2) is 9.68. The Morgan fingerprint density at radius 2 is 1.71 bits per heavy atom. The highest BCUT2D eigenvalue weighted by Gasteiger charge is 2.35. The van der Waals surface area contributed by atoms with E-state index in [1.807, 2.05) is 18.2 Å². The zero-order valence-electron chi connectivity index (χ0n) is 21.6. The number of carbonyl (C=O) groups is 1. The van der Waals surface area contributed by atoms with E-state index in [0.717, 1.165) is 29.6 Å². The van der Waals surface area contributed by atoms with Crippen LogP contribution in [0.4, 0.5) is 11.6 Å². The summed E-state index contributed by atoms with van der Waals surface area (Å²) in [5.41, 5.74) is 3.16. The van der Waals surface area contributed by atoms with Crippen LogP contribution in [0.1, 0.15) is 56.4 Å². The highest BCUT2D eigenvalue weighted by molar-refractivity contribution is 5.94. The lowest BCUT2D eigenvalue weighted by Crippen LogP contribution is -2.29. The second-order valence-corrected chi connectivity index (χ2v) is 10.1. The maximum atomic E-state index is 12.2. The van der Waals surface area contributed by atoms with Gasteiger partial charge in [0.1, 0.15) is 0 Å². The van der Waals surface area contributed by atoms with Crippen molar-refractivity contribution in [2.45, 2.75) is 46.1 Å². The van der Waals surface area contributed by atoms with Crippen LogP contribution in [0, 0.1) is 11.3 Å². The molecule has 2 atom stereocenters. The van der Waals surface area contributed by atoms with Gasteiger partial charge >= 0.3 is 5.97 Å². The molecule has 1 N–H and O–H groups in total. The molecule has 188 valence electrons. The molecule has 1 aromatic heterocycles. The highest BCUT2D eigenvalue weighted by atomic mass is 16.5. The van der Waals surface area contributed by atoms with Gasteiger partial charge in [-0.2, -0.15) is 0 Å². The average Bonchev–Trinajstić information content (AvgIpc) is 3.18. The number of anilines is 2. The van der Waals surface area contributed by atoms with Crippen LogP contribution in [0.25, 0.3) is 11.0 Å². The molecule has 3 aromatic rings. The van der Waals surface area contributed by atoms with Gasteiger partial charge in [-0.05, 0) is 48.8 Å². The number of carbonyl (C=O) groups excluding carboxylic acids is 1. The van der Waals surface area contributed by atoms with Crippen molar-refractivity contribution in [3.8, 4) is 17.2 Å². The lowest BCUT2D eigenvalue weighted by Gasteiger charge is -2.40. The number of benzene rings is 2. The van der Waals surface area contributed by atoms with Crippen molar-refractivity contribution in [1.82, 2.24) is 9.55 Å². The summed E-state index contributed by atoms with van der Waals surface area (Å²) in [7, 11) is 6.15. The molecule has 1 saturated carbocycles. The summed E-state index contributed by atoms with van der Waals surface area (Å²) in [5, 5.41) is 3.48. The first-order valence-electron chi connectivity index (χ1n) is 11.9. The summed E-state index contributed by atoms with van der Waals surface area (Å²) in [5.74, 6) is 2.54. The molecule has 4 rings (SSSR count). The van der Waals surface area contributed by atoms with Gasteiger partial charge in [-0.25, -0.2) is 9.78 Å². The van der Waals surface area contributed by atoms with Crippen molar-refractivity contribution >= 4 is 28.6 Å². The van der Waals surface area contributed by atoms with E-state index in [1.54, 1.807) is 33.5 Å². The molecule has 0 bridgehead atoms. The van der Waals surface area contributed by atoms with E-state index in [2.05, 4.69) is 30.7 Å². The van der Waals surface area contributed by atoms with Crippen LogP contribution < -0.4 is 19.5 Å². The second-order valence-electron chi connectivity index (χ2n) is 10.1. The van der Waals surface area contributed by atoms with Gasteiger partial charge in [0.25, 0.3) is 0 Å². The van der Waals surface area contributed by atoms with Crippen LogP contribution in [-0.2, 0) is 4.74 Å². The van der Waals surface area contributed by atoms with E-state index in [-0.39, 0.29) is 17.4 Å². The lowest BCUT2D eigenvalue weighted by atomic mass is 9.70. The zero-order chi connectivity index (χ0) is 25.3. The SMILES string of the molecule is COC(=O)c1ccc2c(c1)nc(Nc1cc(OC)c(OC)c(OC)c1)n2[C@H]1C[C@@H](C)CC(C)(C)C1. The quantitative estimate of drug-likeness (QED) is 0.416. The van der Waals surface area contributed by atoms with Crippen molar-refractivity contribution in [2.24, 2.45) is 11.3 Å². The molecule has 0 amide bonds. The number of esters is 1. The molecule has 1 heterocycles. The Kier molecular flexibility index (Phi) is 6.83. The predicted octanol–water partition coefficient (Wildman–Crippen LogP) is 5.98. The Bertz CT molecular complexity index is 1210. The monoisotopic (exact) mass is 481 g/mol. The largest absolute Gasteiger partial charge is 0.493 e. The van der Waals surface area contributed by atoms with Crippen LogP contribution in [-0.4, -0.2) is 44.0 Å². The zero-order valence-corrected chi connectivity index (χ0v) is 21.6.